The van der Waals surface area contributed by atoms with E-state index < -0.39 is 10.7 Å². The van der Waals surface area contributed by atoms with Crippen molar-refractivity contribution in [1.29, 1.82) is 0 Å². The molecule has 1 heterocycles. The fraction of sp³-hybridized carbons (Fsp3) is 0.409. The van der Waals surface area contributed by atoms with Gasteiger partial charge in [-0.1, -0.05) is 18.2 Å². The minimum Gasteiger partial charge on any atom is -0.494 e. The van der Waals surface area contributed by atoms with Gasteiger partial charge < -0.3 is 20.1 Å². The van der Waals surface area contributed by atoms with Crippen molar-refractivity contribution in [3.63, 3.8) is 0 Å². The Balaban J connectivity index is 0.00000363. The Hall–Kier alpha value is -2.47. The third-order valence-corrected chi connectivity index (χ3v) is 5.18. The van der Waals surface area contributed by atoms with Gasteiger partial charge in [-0.25, -0.2) is 9.38 Å². The molecule has 1 aliphatic rings. The number of methoxy groups -OCH3 is 1. The fourth-order valence-corrected chi connectivity index (χ4v) is 3.27. The van der Waals surface area contributed by atoms with Crippen LogP contribution < -0.4 is 15.4 Å². The molecule has 1 fully saturated rings. The number of nitrogens with zero attached hydrogens (tertiary/aromatic N) is 2. The lowest BCUT2D eigenvalue weighted by Crippen LogP contribution is -2.41. The van der Waals surface area contributed by atoms with E-state index in [1.54, 1.807) is 24.3 Å². The first kappa shape index (κ1) is 25.8. The van der Waals surface area contributed by atoms with Crippen LogP contribution in [0.2, 0.25) is 0 Å². The van der Waals surface area contributed by atoms with Gasteiger partial charge in [0.25, 0.3) is 5.69 Å². The Kier molecular flexibility index (Phi) is 10.1. The summed E-state index contributed by atoms with van der Waals surface area (Å²) in [5.41, 5.74) is 1.65. The minimum atomic E-state index is -0.430. The molecule has 0 spiro atoms. The van der Waals surface area contributed by atoms with Crippen molar-refractivity contribution < 1.29 is 18.8 Å². The highest BCUT2D eigenvalue weighted by Gasteiger charge is 2.17. The van der Waals surface area contributed by atoms with Crippen LogP contribution in [0.3, 0.4) is 0 Å². The number of benzene rings is 2. The second kappa shape index (κ2) is 12.5. The first-order valence-corrected chi connectivity index (χ1v) is 10.2. The summed E-state index contributed by atoms with van der Waals surface area (Å²) in [5, 5.41) is 17.5. The third kappa shape index (κ3) is 7.30. The Morgan fingerprint density at radius 1 is 1.34 bits per heavy atom. The summed E-state index contributed by atoms with van der Waals surface area (Å²) in [4.78, 5) is 15.0. The van der Waals surface area contributed by atoms with E-state index in [-0.39, 0.29) is 41.5 Å². The number of guanidine groups is 1. The molecule has 0 amide bonds. The molecular weight excluding hydrogens is 530 g/mol. The Labute approximate surface area is 203 Å². The highest BCUT2D eigenvalue weighted by molar-refractivity contribution is 14.0. The number of nitro benzene ring substituents is 1. The summed E-state index contributed by atoms with van der Waals surface area (Å²) in [7, 11) is 1.43. The summed E-state index contributed by atoms with van der Waals surface area (Å²) in [5.74, 6) is 0.755. The second-order valence-electron chi connectivity index (χ2n) is 7.46. The van der Waals surface area contributed by atoms with E-state index in [2.05, 4.69) is 15.6 Å². The molecule has 2 N–H and O–H groups in total. The Bertz CT molecular complexity index is 921. The highest BCUT2D eigenvalue weighted by Crippen LogP contribution is 2.22. The van der Waals surface area contributed by atoms with Crippen molar-refractivity contribution in [1.82, 2.24) is 10.6 Å². The molecule has 0 saturated carbocycles. The number of hydrogen-bond acceptors (Lipinski definition) is 5. The Morgan fingerprint density at radius 3 is 2.69 bits per heavy atom. The lowest BCUT2D eigenvalue weighted by molar-refractivity contribution is -0.384. The standard InChI is InChI=1S/C22H27FN4O4.HI/c1-15(18-5-8-21(30-2)20(23)11-18)26-22(25-13-17-9-10-31-14-17)24-12-16-3-6-19(7-4-16)27(28)29;/h3-8,11,15,17H,9-10,12-14H2,1-2H3,(H2,24,25,26);1H. The summed E-state index contributed by atoms with van der Waals surface area (Å²) in [6.45, 7) is 4.44. The van der Waals surface area contributed by atoms with Crippen LogP contribution in [0.4, 0.5) is 10.1 Å². The number of nitro groups is 1. The number of hydrogen-bond donors (Lipinski definition) is 2. The summed E-state index contributed by atoms with van der Waals surface area (Å²) >= 11 is 0. The summed E-state index contributed by atoms with van der Waals surface area (Å²) in [6, 6.07) is 10.9. The first-order valence-electron chi connectivity index (χ1n) is 10.2. The molecule has 1 aliphatic heterocycles. The zero-order valence-electron chi connectivity index (χ0n) is 18.0. The number of halogens is 2. The van der Waals surface area contributed by atoms with Gasteiger partial charge in [0, 0.05) is 31.2 Å². The van der Waals surface area contributed by atoms with Crippen molar-refractivity contribution in [2.75, 3.05) is 26.9 Å². The highest BCUT2D eigenvalue weighted by atomic mass is 127. The molecule has 2 atom stereocenters. The predicted octanol–water partition coefficient (Wildman–Crippen LogP) is 4.19. The summed E-state index contributed by atoms with van der Waals surface area (Å²) < 4.78 is 24.5. The summed E-state index contributed by atoms with van der Waals surface area (Å²) in [6.07, 6.45) is 0.988. The van der Waals surface area contributed by atoms with Crippen molar-refractivity contribution in [3.05, 3.63) is 69.5 Å². The molecule has 32 heavy (non-hydrogen) atoms. The number of rotatable bonds is 8. The molecular formula is C22H28FIN4O4. The van der Waals surface area contributed by atoms with E-state index >= 15 is 0 Å². The normalized spacial score (nSPS) is 16.7. The molecule has 2 aromatic rings. The van der Waals surface area contributed by atoms with Crippen molar-refractivity contribution in [3.8, 4) is 5.75 Å². The van der Waals surface area contributed by atoms with Gasteiger partial charge in [-0.3, -0.25) is 10.1 Å². The van der Waals surface area contributed by atoms with Crippen LogP contribution in [0, 0.1) is 21.8 Å². The fourth-order valence-electron chi connectivity index (χ4n) is 3.27. The number of non-ortho nitro benzene ring substituents is 1. The van der Waals surface area contributed by atoms with Gasteiger partial charge in [-0.15, -0.1) is 24.0 Å². The molecule has 2 unspecified atom stereocenters. The lowest BCUT2D eigenvalue weighted by Gasteiger charge is -2.20. The van der Waals surface area contributed by atoms with Crippen molar-refractivity contribution >= 4 is 35.6 Å². The van der Waals surface area contributed by atoms with Gasteiger partial charge >= 0.3 is 0 Å². The third-order valence-electron chi connectivity index (χ3n) is 5.18. The maximum Gasteiger partial charge on any atom is 0.269 e. The average Bonchev–Trinajstić information content (AvgIpc) is 3.29. The minimum absolute atomic E-state index is 0. The van der Waals surface area contributed by atoms with Crippen LogP contribution in [0.1, 0.15) is 30.5 Å². The molecule has 8 nitrogen and oxygen atoms in total. The van der Waals surface area contributed by atoms with E-state index in [1.165, 1.54) is 25.3 Å². The van der Waals surface area contributed by atoms with E-state index in [0.717, 1.165) is 24.2 Å². The maximum atomic E-state index is 14.1. The van der Waals surface area contributed by atoms with Gasteiger partial charge in [0.15, 0.2) is 17.5 Å². The van der Waals surface area contributed by atoms with Gasteiger partial charge in [0.1, 0.15) is 0 Å². The van der Waals surface area contributed by atoms with Crippen molar-refractivity contribution in [2.45, 2.75) is 25.9 Å². The lowest BCUT2D eigenvalue weighted by atomic mass is 10.1. The predicted molar refractivity (Wildman–Crippen MR) is 131 cm³/mol. The van der Waals surface area contributed by atoms with E-state index in [9.17, 15) is 14.5 Å². The molecule has 0 bridgehead atoms. The van der Waals surface area contributed by atoms with Gasteiger partial charge in [0.2, 0.25) is 0 Å². The number of ether oxygens (including phenoxy) is 2. The monoisotopic (exact) mass is 558 g/mol. The van der Waals surface area contributed by atoms with Crippen LogP contribution in [-0.2, 0) is 11.3 Å². The molecule has 0 radical (unpaired) electrons. The molecule has 174 valence electrons. The molecule has 0 aliphatic carbocycles. The van der Waals surface area contributed by atoms with Crippen LogP contribution in [0.5, 0.6) is 5.75 Å². The SMILES string of the molecule is COc1ccc(C(C)NC(=NCc2ccc([N+](=O)[O-])cc2)NCC2CCOC2)cc1F.I. The number of nitrogens with one attached hydrogen (secondary N) is 2. The zero-order valence-corrected chi connectivity index (χ0v) is 20.4. The molecule has 10 heteroatoms. The number of aliphatic imine (C=N–C) groups is 1. The average molecular weight is 558 g/mol. The van der Waals surface area contributed by atoms with E-state index in [1.807, 2.05) is 6.92 Å². The van der Waals surface area contributed by atoms with Crippen LogP contribution in [0.25, 0.3) is 0 Å². The smallest absolute Gasteiger partial charge is 0.269 e. The van der Waals surface area contributed by atoms with Crippen LogP contribution in [-0.4, -0.2) is 37.8 Å². The maximum absolute atomic E-state index is 14.1. The van der Waals surface area contributed by atoms with Gasteiger partial charge in [-0.05, 0) is 36.6 Å². The Morgan fingerprint density at radius 2 is 2.09 bits per heavy atom. The zero-order chi connectivity index (χ0) is 22.2. The molecule has 3 rings (SSSR count). The van der Waals surface area contributed by atoms with E-state index in [4.69, 9.17) is 9.47 Å². The van der Waals surface area contributed by atoms with Gasteiger partial charge in [-0.2, -0.15) is 0 Å². The van der Waals surface area contributed by atoms with E-state index in [0.29, 0.717) is 31.6 Å². The molecule has 0 aromatic heterocycles. The van der Waals surface area contributed by atoms with Gasteiger partial charge in [0.05, 0.1) is 31.2 Å². The molecule has 1 saturated heterocycles. The largest absolute Gasteiger partial charge is 0.494 e. The van der Waals surface area contributed by atoms with Crippen molar-refractivity contribution in [2.24, 2.45) is 10.9 Å². The first-order chi connectivity index (χ1) is 15.0. The molecule has 2 aromatic carbocycles. The van der Waals surface area contributed by atoms with Crippen LogP contribution in [0.15, 0.2) is 47.5 Å². The second-order valence-corrected chi connectivity index (χ2v) is 7.46. The van der Waals surface area contributed by atoms with Crippen LogP contribution >= 0.6 is 24.0 Å². The quantitative estimate of drug-likeness (QED) is 0.166. The topological polar surface area (TPSA) is 98.0 Å².